The Morgan fingerprint density at radius 2 is 2.08 bits per heavy atom. The molecule has 0 fully saturated rings. The molecule has 0 aromatic carbocycles. The number of nitrogen functional groups attached to an aromatic ring is 1. The first-order valence-corrected chi connectivity index (χ1v) is 3.85. The Kier molecular flexibility index (Phi) is 1.70. The van der Waals surface area contributed by atoms with Gasteiger partial charge in [0, 0.05) is 18.6 Å². The quantitative estimate of drug-likeness (QED) is 0.687. The molecular formula is C8H9N5. The van der Waals surface area contributed by atoms with Gasteiger partial charge in [-0.15, -0.1) is 0 Å². The highest BCUT2D eigenvalue weighted by atomic mass is 15.3. The lowest BCUT2D eigenvalue weighted by Gasteiger charge is -2.01. The van der Waals surface area contributed by atoms with Crippen LogP contribution < -0.4 is 5.73 Å². The van der Waals surface area contributed by atoms with E-state index in [4.69, 9.17) is 5.73 Å². The smallest absolute Gasteiger partial charge is 0.196 e. The monoisotopic (exact) mass is 175 g/mol. The van der Waals surface area contributed by atoms with Crippen LogP contribution in [-0.4, -0.2) is 19.7 Å². The maximum atomic E-state index is 5.63. The zero-order chi connectivity index (χ0) is 9.26. The third-order valence-electron chi connectivity index (χ3n) is 1.63. The summed E-state index contributed by atoms with van der Waals surface area (Å²) in [5.41, 5.74) is 6.69. The molecule has 5 heteroatoms. The standard InChI is InChI=1S/C8H9N5/c1-6-4-12-13(5-6)8-7(9)10-2-3-11-8/h2-5H,1H3,(H2,9,10). The highest BCUT2D eigenvalue weighted by Gasteiger charge is 2.03. The minimum absolute atomic E-state index is 0.380. The predicted octanol–water partition coefficient (Wildman–Crippen LogP) is 0.553. The van der Waals surface area contributed by atoms with Gasteiger partial charge in [-0.1, -0.05) is 0 Å². The molecular weight excluding hydrogens is 166 g/mol. The molecule has 0 saturated heterocycles. The maximum absolute atomic E-state index is 5.63. The average molecular weight is 175 g/mol. The van der Waals surface area contributed by atoms with Crippen LogP contribution in [0.1, 0.15) is 5.56 Å². The molecule has 0 bridgehead atoms. The van der Waals surface area contributed by atoms with E-state index >= 15 is 0 Å². The van der Waals surface area contributed by atoms with Crippen molar-refractivity contribution in [3.05, 3.63) is 30.4 Å². The highest BCUT2D eigenvalue weighted by Crippen LogP contribution is 2.09. The van der Waals surface area contributed by atoms with Crippen molar-refractivity contribution in [1.29, 1.82) is 0 Å². The maximum Gasteiger partial charge on any atom is 0.196 e. The Hall–Kier alpha value is -1.91. The van der Waals surface area contributed by atoms with Crippen molar-refractivity contribution >= 4 is 5.82 Å². The Bertz CT molecular complexity index is 420. The van der Waals surface area contributed by atoms with E-state index in [0.717, 1.165) is 5.56 Å². The van der Waals surface area contributed by atoms with Gasteiger partial charge >= 0.3 is 0 Å². The molecule has 0 spiro atoms. The fourth-order valence-electron chi connectivity index (χ4n) is 1.05. The van der Waals surface area contributed by atoms with Crippen molar-refractivity contribution in [1.82, 2.24) is 19.7 Å². The molecule has 0 radical (unpaired) electrons. The van der Waals surface area contributed by atoms with Crippen molar-refractivity contribution in [2.24, 2.45) is 0 Å². The topological polar surface area (TPSA) is 69.6 Å². The van der Waals surface area contributed by atoms with Gasteiger partial charge in [0.05, 0.1) is 6.20 Å². The first-order chi connectivity index (χ1) is 6.27. The van der Waals surface area contributed by atoms with Crippen LogP contribution in [0.4, 0.5) is 5.82 Å². The minimum atomic E-state index is 0.380. The predicted molar refractivity (Wildman–Crippen MR) is 48.3 cm³/mol. The summed E-state index contributed by atoms with van der Waals surface area (Å²) in [6.45, 7) is 1.95. The summed E-state index contributed by atoms with van der Waals surface area (Å²) in [5.74, 6) is 0.946. The van der Waals surface area contributed by atoms with Gasteiger partial charge in [0.15, 0.2) is 11.6 Å². The number of rotatable bonds is 1. The van der Waals surface area contributed by atoms with Crippen LogP contribution in [0.15, 0.2) is 24.8 Å². The molecule has 2 heterocycles. The lowest BCUT2D eigenvalue weighted by Crippen LogP contribution is -2.04. The van der Waals surface area contributed by atoms with Crippen LogP contribution in [0.5, 0.6) is 0 Å². The summed E-state index contributed by atoms with van der Waals surface area (Å²) < 4.78 is 1.61. The van der Waals surface area contributed by atoms with Crippen LogP contribution in [0, 0.1) is 6.92 Å². The zero-order valence-electron chi connectivity index (χ0n) is 7.18. The van der Waals surface area contributed by atoms with Gasteiger partial charge in [0.1, 0.15) is 0 Å². The number of nitrogens with two attached hydrogens (primary N) is 1. The number of hydrogen-bond acceptors (Lipinski definition) is 4. The zero-order valence-corrected chi connectivity index (χ0v) is 7.18. The second kappa shape index (κ2) is 2.85. The Morgan fingerprint density at radius 1 is 1.31 bits per heavy atom. The molecule has 2 rings (SSSR count). The first kappa shape index (κ1) is 7.72. The van der Waals surface area contributed by atoms with Gasteiger partial charge in [-0.3, -0.25) is 0 Å². The molecule has 0 atom stereocenters. The van der Waals surface area contributed by atoms with E-state index in [9.17, 15) is 0 Å². The summed E-state index contributed by atoms with van der Waals surface area (Å²) in [6.07, 6.45) is 6.73. The molecule has 0 aliphatic rings. The molecule has 0 saturated carbocycles. The minimum Gasteiger partial charge on any atom is -0.381 e. The molecule has 0 aliphatic heterocycles. The number of aromatic nitrogens is 4. The van der Waals surface area contributed by atoms with E-state index < -0.39 is 0 Å². The Labute approximate surface area is 75.2 Å². The summed E-state index contributed by atoms with van der Waals surface area (Å²) in [7, 11) is 0. The molecule has 5 nitrogen and oxygen atoms in total. The lowest BCUT2D eigenvalue weighted by atomic mass is 10.4. The third kappa shape index (κ3) is 1.35. The molecule has 66 valence electrons. The molecule has 0 aliphatic carbocycles. The number of aryl methyl sites for hydroxylation is 1. The van der Waals surface area contributed by atoms with Crippen LogP contribution in [-0.2, 0) is 0 Å². The second-order valence-electron chi connectivity index (χ2n) is 2.73. The van der Waals surface area contributed by atoms with Crippen LogP contribution in [0.25, 0.3) is 5.82 Å². The van der Waals surface area contributed by atoms with E-state index in [2.05, 4.69) is 15.1 Å². The Balaban J connectivity index is 2.52. The largest absolute Gasteiger partial charge is 0.381 e. The van der Waals surface area contributed by atoms with Gasteiger partial charge in [-0.2, -0.15) is 5.10 Å². The van der Waals surface area contributed by atoms with Crippen molar-refractivity contribution < 1.29 is 0 Å². The molecule has 13 heavy (non-hydrogen) atoms. The fourth-order valence-corrected chi connectivity index (χ4v) is 1.05. The van der Waals surface area contributed by atoms with Crippen LogP contribution in [0.2, 0.25) is 0 Å². The molecule has 0 amide bonds. The van der Waals surface area contributed by atoms with Crippen molar-refractivity contribution in [2.45, 2.75) is 6.92 Å². The highest BCUT2D eigenvalue weighted by molar-refractivity contribution is 5.45. The van der Waals surface area contributed by atoms with Gasteiger partial charge in [-0.05, 0) is 12.5 Å². The van der Waals surface area contributed by atoms with Crippen molar-refractivity contribution in [3.8, 4) is 5.82 Å². The van der Waals surface area contributed by atoms with Gasteiger partial charge in [0.25, 0.3) is 0 Å². The van der Waals surface area contributed by atoms with E-state index in [1.807, 2.05) is 13.1 Å². The second-order valence-corrected chi connectivity index (χ2v) is 2.73. The summed E-state index contributed by atoms with van der Waals surface area (Å²) in [5, 5.41) is 4.08. The lowest BCUT2D eigenvalue weighted by molar-refractivity contribution is 0.842. The molecule has 2 aromatic heterocycles. The van der Waals surface area contributed by atoms with Crippen molar-refractivity contribution in [2.75, 3.05) is 5.73 Å². The third-order valence-corrected chi connectivity index (χ3v) is 1.63. The summed E-state index contributed by atoms with van der Waals surface area (Å²) >= 11 is 0. The van der Waals surface area contributed by atoms with Gasteiger partial charge < -0.3 is 5.73 Å². The first-order valence-electron chi connectivity index (χ1n) is 3.85. The van der Waals surface area contributed by atoms with E-state index in [1.54, 1.807) is 23.3 Å². The average Bonchev–Trinajstić information content (AvgIpc) is 2.53. The van der Waals surface area contributed by atoms with Crippen LogP contribution >= 0.6 is 0 Å². The van der Waals surface area contributed by atoms with Gasteiger partial charge in [-0.25, -0.2) is 14.6 Å². The fraction of sp³-hybridized carbons (Fsp3) is 0.125. The molecule has 0 unspecified atom stereocenters. The number of anilines is 1. The number of nitrogens with zero attached hydrogens (tertiary/aromatic N) is 4. The van der Waals surface area contributed by atoms with Gasteiger partial charge in [0.2, 0.25) is 0 Å². The van der Waals surface area contributed by atoms with Crippen LogP contribution in [0.3, 0.4) is 0 Å². The van der Waals surface area contributed by atoms with E-state index in [-0.39, 0.29) is 0 Å². The van der Waals surface area contributed by atoms with E-state index in [0.29, 0.717) is 11.6 Å². The van der Waals surface area contributed by atoms with Crippen molar-refractivity contribution in [3.63, 3.8) is 0 Å². The SMILES string of the molecule is Cc1cnn(-c2nccnc2N)c1. The summed E-state index contributed by atoms with van der Waals surface area (Å²) in [4.78, 5) is 7.99. The number of hydrogen-bond donors (Lipinski definition) is 1. The van der Waals surface area contributed by atoms with E-state index in [1.165, 1.54) is 0 Å². The summed E-state index contributed by atoms with van der Waals surface area (Å²) in [6, 6.07) is 0. The normalized spacial score (nSPS) is 10.2. The molecule has 2 N–H and O–H groups in total. The molecule has 2 aromatic rings. The Morgan fingerprint density at radius 3 is 2.69 bits per heavy atom.